The van der Waals surface area contributed by atoms with E-state index in [0.717, 1.165) is 31.7 Å². The van der Waals surface area contributed by atoms with Crippen LogP contribution in [-0.2, 0) is 11.0 Å². The van der Waals surface area contributed by atoms with Crippen LogP contribution in [0.5, 0.6) is 0 Å². The Morgan fingerprint density at radius 3 is 2.67 bits per heavy atom. The van der Waals surface area contributed by atoms with Gasteiger partial charge in [-0.1, -0.05) is 6.42 Å². The minimum absolute atomic E-state index is 0.0106. The average molecular weight is 229 g/mol. The molecule has 1 aliphatic carbocycles. The van der Waals surface area contributed by atoms with Crippen molar-refractivity contribution in [2.45, 2.75) is 30.4 Å². The van der Waals surface area contributed by atoms with Gasteiger partial charge >= 0.3 is 0 Å². The van der Waals surface area contributed by atoms with E-state index in [2.05, 4.69) is 9.97 Å². The zero-order valence-corrected chi connectivity index (χ0v) is 8.91. The summed E-state index contributed by atoms with van der Waals surface area (Å²) in [5.41, 5.74) is 0. The van der Waals surface area contributed by atoms with Crippen LogP contribution in [0, 0.1) is 5.82 Å². The van der Waals surface area contributed by atoms with Crippen molar-refractivity contribution < 1.29 is 8.60 Å². The minimum atomic E-state index is -1.35. The Hall–Kier alpha value is -0.880. The lowest BCUT2D eigenvalue weighted by molar-refractivity contribution is 0.591. The topological polar surface area (TPSA) is 68.9 Å². The molecule has 15 heavy (non-hydrogen) atoms. The number of nitrogens with two attached hydrogens (primary N) is 1. The molecule has 2 N–H and O–H groups in total. The first-order valence-corrected chi connectivity index (χ1v) is 6.08. The lowest BCUT2D eigenvalue weighted by Gasteiger charge is -2.14. The van der Waals surface area contributed by atoms with Gasteiger partial charge in [-0.3, -0.25) is 5.14 Å². The summed E-state index contributed by atoms with van der Waals surface area (Å²) in [6, 6.07) is 0. The van der Waals surface area contributed by atoms with E-state index in [0.29, 0.717) is 5.82 Å². The quantitative estimate of drug-likeness (QED) is 0.818. The van der Waals surface area contributed by atoms with Crippen molar-refractivity contribution >= 4 is 11.0 Å². The highest BCUT2D eigenvalue weighted by Crippen LogP contribution is 2.34. The van der Waals surface area contributed by atoms with Crippen molar-refractivity contribution in [3.05, 3.63) is 24.0 Å². The summed E-state index contributed by atoms with van der Waals surface area (Å²) in [7, 11) is -1.35. The zero-order valence-electron chi connectivity index (χ0n) is 8.10. The molecule has 0 spiro atoms. The molecule has 0 aliphatic heterocycles. The molecule has 1 saturated carbocycles. The molecule has 3 atom stereocenters. The van der Waals surface area contributed by atoms with Crippen LogP contribution >= 0.6 is 0 Å². The Bertz CT molecular complexity index is 370. The molecule has 1 aromatic heterocycles. The Balaban J connectivity index is 2.22. The number of hydrogen-bond acceptors (Lipinski definition) is 3. The Morgan fingerprint density at radius 1 is 1.40 bits per heavy atom. The largest absolute Gasteiger partial charge is 0.252 e. The molecular weight excluding hydrogens is 217 g/mol. The predicted molar refractivity (Wildman–Crippen MR) is 54.7 cm³/mol. The summed E-state index contributed by atoms with van der Waals surface area (Å²) in [5, 5.41) is 5.31. The normalized spacial score (nSPS) is 27.9. The first kappa shape index (κ1) is 10.6. The number of hydrogen-bond donors (Lipinski definition) is 1. The molecule has 6 heteroatoms. The van der Waals surface area contributed by atoms with Crippen molar-refractivity contribution in [1.29, 1.82) is 0 Å². The molecular formula is C9H12FN3OS. The SMILES string of the molecule is NS(=O)C1CCCC1c1ncc(F)cn1. The second-order valence-corrected chi connectivity index (χ2v) is 4.93. The summed E-state index contributed by atoms with van der Waals surface area (Å²) >= 11 is 0. The third-order valence-corrected chi connectivity index (χ3v) is 3.88. The summed E-state index contributed by atoms with van der Waals surface area (Å²) in [5.74, 6) is 0.108. The third-order valence-electron chi connectivity index (χ3n) is 2.72. The second kappa shape index (κ2) is 4.32. The molecule has 1 heterocycles. The predicted octanol–water partition coefficient (Wildman–Crippen LogP) is 0.874. The molecule has 2 rings (SSSR count). The van der Waals surface area contributed by atoms with Gasteiger partial charge in [0.05, 0.1) is 28.6 Å². The van der Waals surface area contributed by atoms with E-state index in [-0.39, 0.29) is 11.2 Å². The molecule has 0 bridgehead atoms. The molecule has 0 radical (unpaired) electrons. The lowest BCUT2D eigenvalue weighted by atomic mass is 10.1. The van der Waals surface area contributed by atoms with E-state index in [4.69, 9.17) is 5.14 Å². The van der Waals surface area contributed by atoms with Crippen molar-refractivity contribution in [3.8, 4) is 0 Å². The fourth-order valence-corrected chi connectivity index (χ4v) is 2.99. The van der Waals surface area contributed by atoms with E-state index in [1.807, 2.05) is 0 Å². The van der Waals surface area contributed by atoms with Crippen LogP contribution in [0.4, 0.5) is 4.39 Å². The van der Waals surface area contributed by atoms with Crippen LogP contribution in [-0.4, -0.2) is 19.4 Å². The van der Waals surface area contributed by atoms with E-state index in [1.165, 1.54) is 0 Å². The highest BCUT2D eigenvalue weighted by molar-refractivity contribution is 7.83. The van der Waals surface area contributed by atoms with Crippen molar-refractivity contribution in [2.24, 2.45) is 5.14 Å². The summed E-state index contributed by atoms with van der Waals surface area (Å²) in [6.07, 6.45) is 4.95. The number of nitrogens with zero attached hydrogens (tertiary/aromatic N) is 2. The molecule has 82 valence electrons. The maximum absolute atomic E-state index is 12.6. The van der Waals surface area contributed by atoms with Gasteiger partial charge in [-0.25, -0.2) is 18.6 Å². The zero-order chi connectivity index (χ0) is 10.8. The molecule has 1 fully saturated rings. The fourth-order valence-electron chi connectivity index (χ4n) is 2.01. The summed E-state index contributed by atoms with van der Waals surface area (Å²) < 4.78 is 23.9. The first-order valence-electron chi connectivity index (χ1n) is 4.81. The minimum Gasteiger partial charge on any atom is -0.252 e. The average Bonchev–Trinajstić information content (AvgIpc) is 2.67. The summed E-state index contributed by atoms with van der Waals surface area (Å²) in [4.78, 5) is 7.83. The molecule has 0 amide bonds. The van der Waals surface area contributed by atoms with Gasteiger partial charge in [-0.15, -0.1) is 0 Å². The van der Waals surface area contributed by atoms with Crippen LogP contribution in [0.25, 0.3) is 0 Å². The third kappa shape index (κ3) is 2.21. The fraction of sp³-hybridized carbons (Fsp3) is 0.556. The van der Waals surface area contributed by atoms with Crippen molar-refractivity contribution in [2.75, 3.05) is 0 Å². The van der Waals surface area contributed by atoms with Crippen molar-refractivity contribution in [1.82, 2.24) is 9.97 Å². The smallest absolute Gasteiger partial charge is 0.159 e. The molecule has 0 aromatic carbocycles. The second-order valence-electron chi connectivity index (χ2n) is 3.66. The molecule has 1 aliphatic rings. The van der Waals surface area contributed by atoms with Crippen LogP contribution in [0.15, 0.2) is 12.4 Å². The molecule has 0 saturated heterocycles. The van der Waals surface area contributed by atoms with Crippen LogP contribution in [0.1, 0.15) is 31.0 Å². The van der Waals surface area contributed by atoms with E-state index < -0.39 is 16.8 Å². The lowest BCUT2D eigenvalue weighted by Crippen LogP contribution is -2.25. The number of aromatic nitrogens is 2. The van der Waals surface area contributed by atoms with Gasteiger partial charge in [0.25, 0.3) is 0 Å². The first-order chi connectivity index (χ1) is 7.18. The molecule has 1 aromatic rings. The van der Waals surface area contributed by atoms with Gasteiger partial charge in [0.2, 0.25) is 0 Å². The highest BCUT2D eigenvalue weighted by Gasteiger charge is 2.33. The summed E-state index contributed by atoms with van der Waals surface area (Å²) in [6.45, 7) is 0. The van der Waals surface area contributed by atoms with Crippen LogP contribution in [0.3, 0.4) is 0 Å². The maximum atomic E-state index is 12.6. The van der Waals surface area contributed by atoms with Gasteiger partial charge in [0.1, 0.15) is 5.82 Å². The van der Waals surface area contributed by atoms with Crippen LogP contribution < -0.4 is 5.14 Å². The Labute approximate surface area is 89.7 Å². The van der Waals surface area contributed by atoms with Crippen LogP contribution in [0.2, 0.25) is 0 Å². The van der Waals surface area contributed by atoms with E-state index in [1.54, 1.807) is 0 Å². The van der Waals surface area contributed by atoms with Gasteiger partial charge in [0, 0.05) is 5.92 Å². The Kier molecular flexibility index (Phi) is 3.06. The molecule has 4 nitrogen and oxygen atoms in total. The van der Waals surface area contributed by atoms with Gasteiger partial charge in [-0.2, -0.15) is 0 Å². The standard InChI is InChI=1S/C9H12FN3OS/c10-6-4-12-9(13-5-6)7-2-1-3-8(7)15(11)14/h4-5,7-8H,1-3,11H2. The Morgan fingerprint density at radius 2 is 2.07 bits per heavy atom. The molecule has 3 unspecified atom stereocenters. The monoisotopic (exact) mass is 229 g/mol. The van der Waals surface area contributed by atoms with Crippen molar-refractivity contribution in [3.63, 3.8) is 0 Å². The van der Waals surface area contributed by atoms with Gasteiger partial charge in [-0.05, 0) is 12.8 Å². The highest BCUT2D eigenvalue weighted by atomic mass is 32.2. The van der Waals surface area contributed by atoms with Gasteiger partial charge < -0.3 is 0 Å². The number of rotatable bonds is 2. The maximum Gasteiger partial charge on any atom is 0.159 e. The number of halogens is 1. The van der Waals surface area contributed by atoms with Gasteiger partial charge in [0.15, 0.2) is 5.82 Å². The van der Waals surface area contributed by atoms with E-state index >= 15 is 0 Å². The van der Waals surface area contributed by atoms with E-state index in [9.17, 15) is 8.60 Å².